The van der Waals surface area contributed by atoms with Gasteiger partial charge in [-0.2, -0.15) is 0 Å². The number of aromatic nitrogens is 2. The van der Waals surface area contributed by atoms with Crippen LogP contribution in [0.1, 0.15) is 66.3 Å². The number of nitrogens with zero attached hydrogens (tertiary/aromatic N) is 3. The highest BCUT2D eigenvalue weighted by molar-refractivity contribution is 7.15. The second-order valence-electron chi connectivity index (χ2n) is 9.24. The van der Waals surface area contributed by atoms with E-state index in [2.05, 4.69) is 31.0 Å². The summed E-state index contributed by atoms with van der Waals surface area (Å²) in [5.74, 6) is -0.101. The monoisotopic (exact) mass is 507 g/mol. The number of amides is 1. The first-order valence-electron chi connectivity index (χ1n) is 12.0. The quantitative estimate of drug-likeness (QED) is 0.276. The van der Waals surface area contributed by atoms with Crippen LogP contribution in [0.4, 0.5) is 9.52 Å². The van der Waals surface area contributed by atoms with E-state index in [-0.39, 0.29) is 22.3 Å². The van der Waals surface area contributed by atoms with Crippen molar-refractivity contribution in [1.29, 1.82) is 0 Å². The van der Waals surface area contributed by atoms with Gasteiger partial charge in [-0.05, 0) is 48.2 Å². The molecule has 9 heteroatoms. The van der Waals surface area contributed by atoms with Crippen molar-refractivity contribution in [2.75, 3.05) is 11.5 Å². The molecule has 0 bridgehead atoms. The molecule has 3 heterocycles. The van der Waals surface area contributed by atoms with Crippen molar-refractivity contribution in [3.8, 4) is 5.75 Å². The molecular weight excluding hydrogens is 481 g/mol. The predicted octanol–water partition coefficient (Wildman–Crippen LogP) is 5.91. The fourth-order valence-electron chi connectivity index (χ4n) is 4.34. The molecule has 0 fully saturated rings. The van der Waals surface area contributed by atoms with Crippen LogP contribution in [0.5, 0.6) is 5.75 Å². The van der Waals surface area contributed by atoms with Gasteiger partial charge in [0.1, 0.15) is 22.2 Å². The van der Waals surface area contributed by atoms with Gasteiger partial charge >= 0.3 is 0 Å². The third-order valence-electron chi connectivity index (χ3n) is 6.02. The van der Waals surface area contributed by atoms with Gasteiger partial charge in [0.2, 0.25) is 10.9 Å². The summed E-state index contributed by atoms with van der Waals surface area (Å²) in [6.45, 7) is 6.81. The lowest BCUT2D eigenvalue weighted by molar-refractivity contribution is 0.0970. The minimum Gasteiger partial charge on any atom is -0.494 e. The molecule has 1 amide bonds. The van der Waals surface area contributed by atoms with Crippen LogP contribution < -0.4 is 15.1 Å². The Balaban J connectivity index is 1.68. The maximum atomic E-state index is 14.0. The van der Waals surface area contributed by atoms with Crippen molar-refractivity contribution in [3.05, 3.63) is 80.4 Å². The average molecular weight is 508 g/mol. The molecule has 7 nitrogen and oxygen atoms in total. The summed E-state index contributed by atoms with van der Waals surface area (Å²) >= 11 is 1.31. The maximum absolute atomic E-state index is 14.0. The summed E-state index contributed by atoms with van der Waals surface area (Å²) in [4.78, 5) is 28.8. The Morgan fingerprint density at radius 1 is 1.17 bits per heavy atom. The van der Waals surface area contributed by atoms with Crippen molar-refractivity contribution >= 4 is 33.3 Å². The highest BCUT2D eigenvalue weighted by Gasteiger charge is 2.45. The van der Waals surface area contributed by atoms with Gasteiger partial charge in [-0.15, -0.1) is 10.2 Å². The van der Waals surface area contributed by atoms with E-state index in [0.717, 1.165) is 30.3 Å². The number of halogens is 1. The third-order valence-corrected chi connectivity index (χ3v) is 6.96. The number of hydrogen-bond acceptors (Lipinski definition) is 7. The number of benzene rings is 2. The zero-order chi connectivity index (χ0) is 25.4. The van der Waals surface area contributed by atoms with Gasteiger partial charge in [-0.3, -0.25) is 14.5 Å². The molecule has 1 aliphatic rings. The van der Waals surface area contributed by atoms with E-state index in [1.165, 1.54) is 28.4 Å². The third kappa shape index (κ3) is 4.39. The van der Waals surface area contributed by atoms with Crippen LogP contribution in [0.2, 0.25) is 0 Å². The van der Waals surface area contributed by atoms with Crippen molar-refractivity contribution in [2.45, 2.75) is 46.1 Å². The lowest BCUT2D eigenvalue weighted by Gasteiger charge is -2.22. The molecule has 2 aromatic carbocycles. The average Bonchev–Trinajstić information content (AvgIpc) is 3.41. The smallest absolute Gasteiger partial charge is 0.297 e. The summed E-state index contributed by atoms with van der Waals surface area (Å²) < 4.78 is 25.8. The zero-order valence-corrected chi connectivity index (χ0v) is 21.1. The Bertz CT molecular complexity index is 1500. The van der Waals surface area contributed by atoms with Gasteiger partial charge in [0.05, 0.1) is 23.6 Å². The van der Waals surface area contributed by atoms with Gasteiger partial charge in [0.25, 0.3) is 5.91 Å². The van der Waals surface area contributed by atoms with Gasteiger partial charge in [0.15, 0.2) is 5.43 Å². The van der Waals surface area contributed by atoms with Crippen LogP contribution in [-0.4, -0.2) is 22.7 Å². The number of ether oxygens (including phenoxy) is 1. The summed E-state index contributed by atoms with van der Waals surface area (Å²) in [7, 11) is 0. The first kappa shape index (κ1) is 24.1. The Morgan fingerprint density at radius 3 is 2.78 bits per heavy atom. The van der Waals surface area contributed by atoms with Crippen molar-refractivity contribution in [2.24, 2.45) is 5.92 Å². The molecule has 2 aromatic heterocycles. The minimum absolute atomic E-state index is 0.0676. The fraction of sp³-hybridized carbons (Fsp3) is 0.333. The van der Waals surface area contributed by atoms with Gasteiger partial charge in [0, 0.05) is 6.42 Å². The highest BCUT2D eigenvalue weighted by Crippen LogP contribution is 2.43. The lowest BCUT2D eigenvalue weighted by atomic mass is 9.98. The number of unbranched alkanes of at least 4 members (excludes halogenated alkanes) is 1. The largest absolute Gasteiger partial charge is 0.494 e. The topological polar surface area (TPSA) is 85.5 Å². The van der Waals surface area contributed by atoms with E-state index in [0.29, 0.717) is 29.0 Å². The molecule has 0 radical (unpaired) electrons. The molecule has 0 N–H and O–H groups in total. The zero-order valence-electron chi connectivity index (χ0n) is 20.3. The Kier molecular flexibility index (Phi) is 6.57. The fourth-order valence-corrected chi connectivity index (χ4v) is 5.42. The molecule has 4 aromatic rings. The second-order valence-corrected chi connectivity index (χ2v) is 10.3. The number of hydrogen-bond donors (Lipinski definition) is 0. The summed E-state index contributed by atoms with van der Waals surface area (Å²) in [6, 6.07) is 10.2. The van der Waals surface area contributed by atoms with E-state index in [9.17, 15) is 14.0 Å². The molecule has 1 aliphatic heterocycles. The van der Waals surface area contributed by atoms with Crippen LogP contribution in [0.25, 0.3) is 11.0 Å². The summed E-state index contributed by atoms with van der Waals surface area (Å²) in [5.41, 5.74) is 0.531. The molecule has 186 valence electrons. The van der Waals surface area contributed by atoms with Gasteiger partial charge < -0.3 is 9.15 Å². The summed E-state index contributed by atoms with van der Waals surface area (Å²) in [6.07, 6.45) is 2.63. The molecular formula is C27H26FN3O4S. The number of rotatable bonds is 8. The van der Waals surface area contributed by atoms with E-state index in [1.807, 2.05) is 24.3 Å². The minimum atomic E-state index is -0.814. The normalized spacial score (nSPS) is 15.2. The predicted molar refractivity (Wildman–Crippen MR) is 136 cm³/mol. The maximum Gasteiger partial charge on any atom is 0.297 e. The van der Waals surface area contributed by atoms with Gasteiger partial charge in [-0.25, -0.2) is 4.39 Å². The van der Waals surface area contributed by atoms with Crippen molar-refractivity contribution in [3.63, 3.8) is 0 Å². The lowest BCUT2D eigenvalue weighted by Crippen LogP contribution is -2.29. The number of anilines is 1. The molecule has 0 aliphatic carbocycles. The Labute approximate surface area is 211 Å². The second kappa shape index (κ2) is 9.81. The van der Waals surface area contributed by atoms with E-state index >= 15 is 0 Å². The SMILES string of the molecule is CCCCOc1cccc(C2c3c(oc4ccc(F)cc4c3=O)C(=O)N2c2nnc(CC(C)C)s2)c1. The van der Waals surface area contributed by atoms with Crippen LogP contribution in [0.15, 0.2) is 51.7 Å². The number of carbonyl (C=O) groups is 1. The molecule has 1 atom stereocenters. The molecule has 1 unspecified atom stereocenters. The van der Waals surface area contributed by atoms with Crippen molar-refractivity contribution in [1.82, 2.24) is 10.2 Å². The molecule has 5 rings (SSSR count). The standard InChI is InChI=1S/C27H26FN3O4S/c1-4-5-11-34-18-8-6-7-16(13-18)23-22-24(32)19-14-17(28)9-10-20(19)35-25(22)26(33)31(23)27-30-29-21(36-27)12-15(2)3/h6-10,13-15,23H,4-5,11-12H2,1-3H3. The highest BCUT2D eigenvalue weighted by atomic mass is 32.1. The van der Waals surface area contributed by atoms with Crippen LogP contribution in [-0.2, 0) is 6.42 Å². The van der Waals surface area contributed by atoms with Crippen LogP contribution >= 0.6 is 11.3 Å². The first-order valence-corrected chi connectivity index (χ1v) is 12.8. The summed E-state index contributed by atoms with van der Waals surface area (Å²) in [5, 5.41) is 9.83. The molecule has 0 saturated carbocycles. The van der Waals surface area contributed by atoms with Crippen molar-refractivity contribution < 1.29 is 18.3 Å². The molecule has 36 heavy (non-hydrogen) atoms. The van der Waals surface area contributed by atoms with E-state index in [4.69, 9.17) is 9.15 Å². The van der Waals surface area contributed by atoms with Crippen LogP contribution in [0, 0.1) is 11.7 Å². The van der Waals surface area contributed by atoms with E-state index < -0.39 is 23.2 Å². The Morgan fingerprint density at radius 2 is 2.00 bits per heavy atom. The Hall–Kier alpha value is -3.59. The first-order chi connectivity index (χ1) is 17.4. The molecule has 0 saturated heterocycles. The number of carbonyl (C=O) groups excluding carboxylic acids is 1. The van der Waals surface area contributed by atoms with E-state index in [1.54, 1.807) is 0 Å². The van der Waals surface area contributed by atoms with Crippen LogP contribution in [0.3, 0.4) is 0 Å². The number of fused-ring (bicyclic) bond motifs is 2. The van der Waals surface area contributed by atoms with Gasteiger partial charge in [-0.1, -0.05) is 50.7 Å². The molecule has 0 spiro atoms.